The van der Waals surface area contributed by atoms with Gasteiger partial charge < -0.3 is 10.4 Å². The van der Waals surface area contributed by atoms with E-state index in [4.69, 9.17) is 0 Å². The lowest BCUT2D eigenvalue weighted by Crippen LogP contribution is -2.52. The van der Waals surface area contributed by atoms with Crippen molar-refractivity contribution in [3.8, 4) is 0 Å². The quantitative estimate of drug-likeness (QED) is 0.643. The predicted molar refractivity (Wildman–Crippen MR) is 125 cm³/mol. The van der Waals surface area contributed by atoms with Crippen molar-refractivity contribution in [1.82, 2.24) is 5.32 Å². The number of nitrogens with one attached hydrogen (secondary N) is 1. The number of benzene rings is 1. The van der Waals surface area contributed by atoms with Crippen LogP contribution in [0.2, 0.25) is 0 Å². The molecule has 0 radical (unpaired) electrons. The summed E-state index contributed by atoms with van der Waals surface area (Å²) >= 11 is 0. The third-order valence-corrected chi connectivity index (χ3v) is 10.3. The van der Waals surface area contributed by atoms with Crippen molar-refractivity contribution in [2.45, 2.75) is 90.2 Å². The first-order valence-electron chi connectivity index (χ1n) is 12.9. The summed E-state index contributed by atoms with van der Waals surface area (Å²) in [4.78, 5) is 12.8. The van der Waals surface area contributed by atoms with Crippen LogP contribution in [0.1, 0.15) is 88.9 Å². The zero-order valence-corrected chi connectivity index (χ0v) is 19.6. The maximum atomic E-state index is 12.8. The van der Waals surface area contributed by atoms with Crippen molar-refractivity contribution in [1.29, 1.82) is 0 Å². The zero-order chi connectivity index (χ0) is 21.8. The molecule has 0 unspecified atom stereocenters. The summed E-state index contributed by atoms with van der Waals surface area (Å²) in [5, 5.41) is 14.0. The highest BCUT2D eigenvalue weighted by Gasteiger charge is 2.58. The van der Waals surface area contributed by atoms with Gasteiger partial charge in [-0.3, -0.25) is 4.79 Å². The molecule has 4 saturated carbocycles. The molecule has 1 aromatic rings. The minimum absolute atomic E-state index is 0.0728. The van der Waals surface area contributed by atoms with Crippen molar-refractivity contribution < 1.29 is 9.90 Å². The van der Waals surface area contributed by atoms with Crippen LogP contribution in [0.3, 0.4) is 0 Å². The third kappa shape index (κ3) is 3.75. The Bertz CT molecular complexity index is 804. The molecule has 3 nitrogen and oxygen atoms in total. The Morgan fingerprint density at radius 1 is 0.968 bits per heavy atom. The monoisotopic (exact) mass is 423 g/mol. The van der Waals surface area contributed by atoms with E-state index in [9.17, 15) is 9.90 Å². The lowest BCUT2D eigenvalue weighted by Gasteiger charge is -2.57. The number of fused-ring (bicyclic) bond motifs is 5. The van der Waals surface area contributed by atoms with Gasteiger partial charge in [-0.25, -0.2) is 0 Å². The Kier molecular flexibility index (Phi) is 5.48. The summed E-state index contributed by atoms with van der Waals surface area (Å²) in [7, 11) is 0. The van der Waals surface area contributed by atoms with Crippen LogP contribution >= 0.6 is 0 Å². The molecule has 2 N–H and O–H groups in total. The molecule has 1 amide bonds. The molecule has 4 aliphatic carbocycles. The van der Waals surface area contributed by atoms with Crippen molar-refractivity contribution in [3.63, 3.8) is 0 Å². The number of rotatable bonds is 3. The van der Waals surface area contributed by atoms with Gasteiger partial charge in [0.25, 0.3) is 5.91 Å². The fourth-order valence-corrected chi connectivity index (χ4v) is 8.92. The number of hydrogen-bond donors (Lipinski definition) is 2. The maximum Gasteiger partial charge on any atom is 0.251 e. The van der Waals surface area contributed by atoms with Crippen molar-refractivity contribution in [2.75, 3.05) is 0 Å². The van der Waals surface area contributed by atoms with E-state index in [0.29, 0.717) is 11.3 Å². The van der Waals surface area contributed by atoms with Gasteiger partial charge in [0.15, 0.2) is 0 Å². The molecule has 0 spiro atoms. The van der Waals surface area contributed by atoms with E-state index in [1.165, 1.54) is 44.9 Å². The van der Waals surface area contributed by atoms with Crippen LogP contribution in [-0.4, -0.2) is 22.7 Å². The van der Waals surface area contributed by atoms with E-state index in [-0.39, 0.29) is 11.9 Å². The van der Waals surface area contributed by atoms with Gasteiger partial charge in [-0.15, -0.1) is 0 Å². The van der Waals surface area contributed by atoms with E-state index in [1.54, 1.807) is 0 Å². The Morgan fingerprint density at radius 3 is 2.48 bits per heavy atom. The number of carbonyl (C=O) groups is 1. The molecule has 170 valence electrons. The summed E-state index contributed by atoms with van der Waals surface area (Å²) in [5.41, 5.74) is 0.698. The van der Waals surface area contributed by atoms with Crippen LogP contribution in [0.15, 0.2) is 30.3 Å². The average molecular weight is 424 g/mol. The van der Waals surface area contributed by atoms with E-state index in [2.05, 4.69) is 26.1 Å². The molecule has 0 aromatic heterocycles. The van der Waals surface area contributed by atoms with Gasteiger partial charge in [0.05, 0.1) is 5.60 Å². The van der Waals surface area contributed by atoms with Gasteiger partial charge in [0, 0.05) is 11.6 Å². The van der Waals surface area contributed by atoms with Crippen LogP contribution in [0.4, 0.5) is 0 Å². The van der Waals surface area contributed by atoms with Gasteiger partial charge >= 0.3 is 0 Å². The normalized spacial score (nSPS) is 45.2. The van der Waals surface area contributed by atoms with Crippen molar-refractivity contribution in [2.24, 2.45) is 40.9 Å². The first kappa shape index (κ1) is 21.5. The molecule has 31 heavy (non-hydrogen) atoms. The van der Waals surface area contributed by atoms with Crippen LogP contribution < -0.4 is 5.32 Å². The highest BCUT2D eigenvalue weighted by molar-refractivity contribution is 5.94. The number of aliphatic hydroxyl groups is 1. The summed E-state index contributed by atoms with van der Waals surface area (Å²) in [6.07, 6.45) is 11.2. The molecular weight excluding hydrogens is 382 g/mol. The number of amides is 1. The van der Waals surface area contributed by atoms with Crippen LogP contribution in [-0.2, 0) is 0 Å². The summed E-state index contributed by atoms with van der Waals surface area (Å²) in [6, 6.07) is 9.88. The molecule has 5 rings (SSSR count). The van der Waals surface area contributed by atoms with Gasteiger partial charge in [0.1, 0.15) is 0 Å². The van der Waals surface area contributed by atoms with Crippen molar-refractivity contribution >= 4 is 5.91 Å². The SMILES string of the molecule is C[C@H](NC(=O)c1ccccc1)[C@H]1CC[C@H]2[C@@H]3CC[C@@H]4C[C@](C)(O)CC[C@@H]4[C@H]3CC[C@]12C. The lowest BCUT2D eigenvalue weighted by molar-refractivity contribution is -0.101. The fourth-order valence-electron chi connectivity index (χ4n) is 8.92. The average Bonchev–Trinajstić information content (AvgIpc) is 3.10. The largest absolute Gasteiger partial charge is 0.390 e. The molecule has 0 heterocycles. The van der Waals surface area contributed by atoms with Crippen LogP contribution in [0, 0.1) is 40.9 Å². The van der Waals surface area contributed by atoms with E-state index < -0.39 is 5.60 Å². The first-order chi connectivity index (χ1) is 14.8. The maximum absolute atomic E-state index is 12.8. The third-order valence-electron chi connectivity index (χ3n) is 10.3. The second-order valence-corrected chi connectivity index (χ2v) is 12.0. The molecular formula is C28H41NO2. The molecule has 0 bridgehead atoms. The summed E-state index contributed by atoms with van der Waals surface area (Å²) in [6.45, 7) is 6.85. The predicted octanol–water partition coefficient (Wildman–Crippen LogP) is 5.82. The van der Waals surface area contributed by atoms with E-state index in [0.717, 1.165) is 48.0 Å². The Labute approximate surface area is 188 Å². The Balaban J connectivity index is 1.28. The van der Waals surface area contributed by atoms with E-state index >= 15 is 0 Å². The number of carbonyl (C=O) groups excluding carboxylic acids is 1. The van der Waals surface area contributed by atoms with Crippen molar-refractivity contribution in [3.05, 3.63) is 35.9 Å². The minimum Gasteiger partial charge on any atom is -0.390 e. The molecule has 4 aliphatic rings. The molecule has 0 saturated heterocycles. The summed E-state index contributed by atoms with van der Waals surface area (Å²) in [5.74, 6) is 4.80. The van der Waals surface area contributed by atoms with E-state index in [1.807, 2.05) is 30.3 Å². The van der Waals surface area contributed by atoms with Crippen LogP contribution in [0.5, 0.6) is 0 Å². The smallest absolute Gasteiger partial charge is 0.251 e. The highest BCUT2D eigenvalue weighted by Crippen LogP contribution is 2.65. The molecule has 3 heteroatoms. The molecule has 0 aliphatic heterocycles. The topological polar surface area (TPSA) is 49.3 Å². The van der Waals surface area contributed by atoms with Gasteiger partial charge in [-0.05, 0) is 125 Å². The second-order valence-electron chi connectivity index (χ2n) is 12.0. The Morgan fingerprint density at radius 2 is 1.71 bits per heavy atom. The molecule has 4 fully saturated rings. The van der Waals surface area contributed by atoms with Gasteiger partial charge in [-0.2, -0.15) is 0 Å². The van der Waals surface area contributed by atoms with Gasteiger partial charge in [0.2, 0.25) is 0 Å². The zero-order valence-electron chi connectivity index (χ0n) is 19.6. The minimum atomic E-state index is -0.429. The molecule has 1 aromatic carbocycles. The summed E-state index contributed by atoms with van der Waals surface area (Å²) < 4.78 is 0. The molecule has 9 atom stereocenters. The van der Waals surface area contributed by atoms with Crippen LogP contribution in [0.25, 0.3) is 0 Å². The fraction of sp³-hybridized carbons (Fsp3) is 0.750. The first-order valence-corrected chi connectivity index (χ1v) is 12.9. The highest BCUT2D eigenvalue weighted by atomic mass is 16.3. The second kappa shape index (κ2) is 7.90. The number of hydrogen-bond acceptors (Lipinski definition) is 2. The Hall–Kier alpha value is -1.35. The van der Waals surface area contributed by atoms with Gasteiger partial charge in [-0.1, -0.05) is 25.1 Å². The lowest BCUT2D eigenvalue weighted by atomic mass is 9.49. The standard InChI is InChI=1S/C28H41NO2/c1-18(29-26(30)19-7-5-4-6-8-19)24-11-12-25-23-10-9-20-17-27(2,31)15-13-21(20)22(23)14-16-28(24,25)3/h4-8,18,20-25,31H,9-17H2,1-3H3,(H,29,30)/t18-,20+,21-,22+,23+,24+,25-,27+,28+/m0/s1.